The third kappa shape index (κ3) is 5.18. The van der Waals surface area contributed by atoms with E-state index in [9.17, 15) is 19.7 Å². The Bertz CT molecular complexity index is 899. The Hall–Kier alpha value is -3.13. The minimum atomic E-state index is -0.827. The van der Waals surface area contributed by atoms with E-state index in [0.29, 0.717) is 16.4 Å². The normalized spacial score (nSPS) is 10.2. The van der Waals surface area contributed by atoms with Crippen LogP contribution in [0.3, 0.4) is 0 Å². The number of rotatable bonds is 6. The largest absolute Gasteiger partial charge is 0.452 e. The highest BCUT2D eigenvalue weighted by Gasteiger charge is 2.20. The van der Waals surface area contributed by atoms with Crippen molar-refractivity contribution in [2.75, 3.05) is 30.9 Å². The van der Waals surface area contributed by atoms with Crippen LogP contribution in [0.15, 0.2) is 36.4 Å². The van der Waals surface area contributed by atoms with E-state index in [1.807, 2.05) is 0 Å². The zero-order chi connectivity index (χ0) is 20.1. The lowest BCUT2D eigenvalue weighted by atomic mass is 10.1. The molecule has 0 aliphatic heterocycles. The maximum atomic E-state index is 12.1. The van der Waals surface area contributed by atoms with Gasteiger partial charge < -0.3 is 15.0 Å². The van der Waals surface area contributed by atoms with Gasteiger partial charge in [-0.3, -0.25) is 14.9 Å². The van der Waals surface area contributed by atoms with Gasteiger partial charge in [-0.05, 0) is 42.8 Å². The number of nitrogens with zero attached hydrogens (tertiary/aromatic N) is 2. The summed E-state index contributed by atoms with van der Waals surface area (Å²) >= 11 is 5.86. The standard InChI is InChI=1S/C18H18ClN3O5/c1-11-8-13(19)5-6-14(11)20-17(23)10-27-18(24)12-4-7-15(21(2)3)16(9-12)22(25)26/h4-9H,10H2,1-3H3,(H,20,23). The van der Waals surface area contributed by atoms with Crippen molar-refractivity contribution in [1.82, 2.24) is 0 Å². The summed E-state index contributed by atoms with van der Waals surface area (Å²) in [4.78, 5) is 36.2. The number of hydrogen-bond acceptors (Lipinski definition) is 6. The van der Waals surface area contributed by atoms with Crippen molar-refractivity contribution in [2.45, 2.75) is 6.92 Å². The Morgan fingerprint density at radius 2 is 1.93 bits per heavy atom. The molecular weight excluding hydrogens is 374 g/mol. The molecule has 0 spiro atoms. The van der Waals surface area contributed by atoms with Crippen LogP contribution in [0.4, 0.5) is 17.1 Å². The van der Waals surface area contributed by atoms with Crippen LogP contribution in [0.1, 0.15) is 15.9 Å². The highest BCUT2D eigenvalue weighted by Crippen LogP contribution is 2.28. The maximum Gasteiger partial charge on any atom is 0.338 e. The van der Waals surface area contributed by atoms with Crippen LogP contribution in [0.5, 0.6) is 0 Å². The smallest absolute Gasteiger partial charge is 0.338 e. The second-order valence-electron chi connectivity index (χ2n) is 5.94. The average Bonchev–Trinajstić information content (AvgIpc) is 2.61. The van der Waals surface area contributed by atoms with Gasteiger partial charge in [0.2, 0.25) is 0 Å². The van der Waals surface area contributed by atoms with Gasteiger partial charge in [0.1, 0.15) is 5.69 Å². The molecule has 8 nitrogen and oxygen atoms in total. The van der Waals surface area contributed by atoms with E-state index < -0.39 is 23.4 Å². The van der Waals surface area contributed by atoms with E-state index in [4.69, 9.17) is 16.3 Å². The Morgan fingerprint density at radius 3 is 2.52 bits per heavy atom. The van der Waals surface area contributed by atoms with E-state index >= 15 is 0 Å². The number of amides is 1. The number of carbonyl (C=O) groups excluding carboxylic acids is 2. The fraction of sp³-hybridized carbons (Fsp3) is 0.222. The number of anilines is 2. The van der Waals surface area contributed by atoms with Crippen LogP contribution in [-0.2, 0) is 9.53 Å². The number of esters is 1. The number of carbonyl (C=O) groups is 2. The molecule has 2 rings (SSSR count). The van der Waals surface area contributed by atoms with Gasteiger partial charge in [0.15, 0.2) is 6.61 Å². The minimum absolute atomic E-state index is 0.0113. The fourth-order valence-electron chi connectivity index (χ4n) is 2.34. The van der Waals surface area contributed by atoms with Gasteiger partial charge in [0.25, 0.3) is 11.6 Å². The number of ether oxygens (including phenoxy) is 1. The summed E-state index contributed by atoms with van der Waals surface area (Å²) in [5, 5.41) is 14.3. The van der Waals surface area contributed by atoms with E-state index in [-0.39, 0.29) is 11.3 Å². The van der Waals surface area contributed by atoms with Crippen LogP contribution in [0, 0.1) is 17.0 Å². The molecule has 142 valence electrons. The van der Waals surface area contributed by atoms with Crippen LogP contribution >= 0.6 is 11.6 Å². The van der Waals surface area contributed by atoms with Crippen molar-refractivity contribution in [3.05, 3.63) is 62.7 Å². The first-order valence-corrected chi connectivity index (χ1v) is 8.25. The molecule has 0 heterocycles. The van der Waals surface area contributed by atoms with Crippen molar-refractivity contribution >= 4 is 40.5 Å². The van der Waals surface area contributed by atoms with Crippen LogP contribution < -0.4 is 10.2 Å². The van der Waals surface area contributed by atoms with Gasteiger partial charge in [-0.1, -0.05) is 11.6 Å². The Labute approximate surface area is 160 Å². The predicted molar refractivity (Wildman–Crippen MR) is 103 cm³/mol. The summed E-state index contributed by atoms with van der Waals surface area (Å²) in [5.74, 6) is -1.36. The zero-order valence-electron chi connectivity index (χ0n) is 15.0. The lowest BCUT2D eigenvalue weighted by Crippen LogP contribution is -2.21. The van der Waals surface area contributed by atoms with E-state index in [2.05, 4.69) is 5.32 Å². The van der Waals surface area contributed by atoms with Gasteiger partial charge in [0, 0.05) is 30.9 Å². The third-order valence-electron chi connectivity index (χ3n) is 3.69. The monoisotopic (exact) mass is 391 g/mol. The highest BCUT2D eigenvalue weighted by molar-refractivity contribution is 6.30. The second-order valence-corrected chi connectivity index (χ2v) is 6.38. The molecule has 1 amide bonds. The summed E-state index contributed by atoms with van der Waals surface area (Å²) < 4.78 is 4.95. The van der Waals surface area contributed by atoms with Crippen molar-refractivity contribution in [3.8, 4) is 0 Å². The molecule has 0 aliphatic rings. The van der Waals surface area contributed by atoms with E-state index in [1.54, 1.807) is 44.1 Å². The molecule has 2 aromatic rings. The summed E-state index contributed by atoms with van der Waals surface area (Å²) in [6.45, 7) is 1.25. The first-order valence-electron chi connectivity index (χ1n) is 7.88. The Morgan fingerprint density at radius 1 is 1.22 bits per heavy atom. The van der Waals surface area contributed by atoms with E-state index in [1.165, 1.54) is 12.1 Å². The summed E-state index contributed by atoms with van der Waals surface area (Å²) in [5.41, 5.74) is 1.43. The summed E-state index contributed by atoms with van der Waals surface area (Å²) in [7, 11) is 3.31. The molecule has 2 aromatic carbocycles. The molecule has 0 atom stereocenters. The van der Waals surface area contributed by atoms with Gasteiger partial charge >= 0.3 is 5.97 Å². The van der Waals surface area contributed by atoms with Gasteiger partial charge in [-0.2, -0.15) is 0 Å². The fourth-order valence-corrected chi connectivity index (χ4v) is 2.57. The molecule has 0 bridgehead atoms. The van der Waals surface area contributed by atoms with Crippen molar-refractivity contribution < 1.29 is 19.2 Å². The molecule has 0 fully saturated rings. The number of halogens is 1. The number of benzene rings is 2. The summed E-state index contributed by atoms with van der Waals surface area (Å²) in [6.07, 6.45) is 0. The van der Waals surface area contributed by atoms with Crippen LogP contribution in [-0.4, -0.2) is 37.5 Å². The number of nitro groups is 1. The van der Waals surface area contributed by atoms with Crippen molar-refractivity contribution in [3.63, 3.8) is 0 Å². The molecule has 1 N–H and O–H groups in total. The zero-order valence-corrected chi connectivity index (χ0v) is 15.7. The molecule has 0 saturated carbocycles. The number of nitrogens with one attached hydrogen (secondary N) is 1. The SMILES string of the molecule is Cc1cc(Cl)ccc1NC(=O)COC(=O)c1ccc(N(C)C)c([N+](=O)[O-])c1. The first-order chi connectivity index (χ1) is 12.7. The lowest BCUT2D eigenvalue weighted by Gasteiger charge is -2.13. The molecule has 27 heavy (non-hydrogen) atoms. The quantitative estimate of drug-likeness (QED) is 0.460. The van der Waals surface area contributed by atoms with Crippen LogP contribution in [0.25, 0.3) is 0 Å². The van der Waals surface area contributed by atoms with E-state index in [0.717, 1.165) is 11.6 Å². The predicted octanol–water partition coefficient (Wildman–Crippen LogP) is 3.42. The van der Waals surface area contributed by atoms with Crippen molar-refractivity contribution in [2.24, 2.45) is 0 Å². The molecule has 0 unspecified atom stereocenters. The number of hydrogen-bond donors (Lipinski definition) is 1. The topological polar surface area (TPSA) is 102 Å². The molecule has 9 heteroatoms. The minimum Gasteiger partial charge on any atom is -0.452 e. The number of nitro benzene ring substituents is 1. The van der Waals surface area contributed by atoms with Gasteiger partial charge in [-0.25, -0.2) is 4.79 Å². The highest BCUT2D eigenvalue weighted by atomic mass is 35.5. The summed E-state index contributed by atoms with van der Waals surface area (Å²) in [6, 6.07) is 8.94. The molecule has 0 aromatic heterocycles. The average molecular weight is 392 g/mol. The Kier molecular flexibility index (Phi) is 6.36. The first kappa shape index (κ1) is 20.2. The molecule has 0 saturated heterocycles. The Balaban J connectivity index is 2.03. The van der Waals surface area contributed by atoms with Gasteiger partial charge in [-0.15, -0.1) is 0 Å². The number of aryl methyl sites for hydroxylation is 1. The maximum absolute atomic E-state index is 12.1. The third-order valence-corrected chi connectivity index (χ3v) is 3.92. The van der Waals surface area contributed by atoms with Gasteiger partial charge in [0.05, 0.1) is 10.5 Å². The molecule has 0 aliphatic carbocycles. The lowest BCUT2D eigenvalue weighted by molar-refractivity contribution is -0.384. The van der Waals surface area contributed by atoms with Crippen molar-refractivity contribution in [1.29, 1.82) is 0 Å². The molecule has 0 radical (unpaired) electrons. The second kappa shape index (κ2) is 8.50. The molecular formula is C18H18ClN3O5. The van der Waals surface area contributed by atoms with Crippen LogP contribution in [0.2, 0.25) is 5.02 Å².